The molecule has 1 aromatic heterocycles. The lowest BCUT2D eigenvalue weighted by atomic mass is 9.73. The van der Waals surface area contributed by atoms with E-state index in [1.54, 1.807) is 18.3 Å². The van der Waals surface area contributed by atoms with Crippen molar-refractivity contribution in [2.75, 3.05) is 57.3 Å². The van der Waals surface area contributed by atoms with Gasteiger partial charge in [-0.15, -0.1) is 0 Å². The van der Waals surface area contributed by atoms with Crippen LogP contribution in [0.5, 0.6) is 5.75 Å². The summed E-state index contributed by atoms with van der Waals surface area (Å²) in [6.07, 6.45) is 6.76. The zero-order valence-electron chi connectivity index (χ0n) is 33.3. The Hall–Kier alpha value is -5.18. The second kappa shape index (κ2) is 17.6. The molecule has 8 rings (SSSR count). The molecule has 3 aromatic carbocycles. The first kappa shape index (κ1) is 40.6. The lowest BCUT2D eigenvalue weighted by Gasteiger charge is -2.43. The Morgan fingerprint density at radius 2 is 1.51 bits per heavy atom. The second-order valence-corrected chi connectivity index (χ2v) is 18.7. The maximum atomic E-state index is 13.9. The Kier molecular flexibility index (Phi) is 12.1. The number of sulfonamides is 1. The number of nitrogens with zero attached hydrogens (tertiary/aromatic N) is 5. The minimum atomic E-state index is -3.65. The predicted octanol–water partition coefficient (Wildman–Crippen LogP) is 4.70. The van der Waals surface area contributed by atoms with Gasteiger partial charge in [-0.05, 0) is 98.8 Å². The molecule has 0 bridgehead atoms. The van der Waals surface area contributed by atoms with Crippen LogP contribution >= 0.6 is 0 Å². The quantitative estimate of drug-likeness (QED) is 0.181. The predicted molar refractivity (Wildman–Crippen MR) is 225 cm³/mol. The molecule has 59 heavy (non-hydrogen) atoms. The van der Waals surface area contributed by atoms with E-state index < -0.39 is 20.7 Å². The lowest BCUT2D eigenvalue weighted by Crippen LogP contribution is -2.52. The van der Waals surface area contributed by atoms with Gasteiger partial charge in [0.25, 0.3) is 0 Å². The fourth-order valence-electron chi connectivity index (χ4n) is 9.40. The number of piperidine rings is 4. The highest BCUT2D eigenvalue weighted by Crippen LogP contribution is 2.38. The van der Waals surface area contributed by atoms with E-state index in [1.807, 2.05) is 53.4 Å². The SMILES string of the molecule is O=C1CCC(c2ccc(C3CCN(CC(=O)N4CCC(S(=O)(=O)NCC5(c6ccccc6)CCN(c6cnnc(-c7ccccc7O)c6)CC5)CC4)CC3)cc2)C(=O)N1. The van der Waals surface area contributed by atoms with Gasteiger partial charge in [0, 0.05) is 50.1 Å². The number of aromatic hydroxyl groups is 1. The maximum absolute atomic E-state index is 13.9. The molecule has 14 heteroatoms. The molecule has 4 saturated heterocycles. The Morgan fingerprint density at radius 3 is 2.20 bits per heavy atom. The van der Waals surface area contributed by atoms with Gasteiger partial charge in [-0.2, -0.15) is 10.2 Å². The maximum Gasteiger partial charge on any atom is 0.236 e. The summed E-state index contributed by atoms with van der Waals surface area (Å²) in [4.78, 5) is 43.5. The van der Waals surface area contributed by atoms with Gasteiger partial charge in [0.15, 0.2) is 0 Å². The Bertz CT molecular complexity index is 2230. The van der Waals surface area contributed by atoms with Gasteiger partial charge in [0.05, 0.1) is 35.3 Å². The van der Waals surface area contributed by atoms with Gasteiger partial charge in [0.1, 0.15) is 5.75 Å². The van der Waals surface area contributed by atoms with Crippen LogP contribution in [-0.2, 0) is 29.8 Å². The van der Waals surface area contributed by atoms with Crippen molar-refractivity contribution in [2.24, 2.45) is 0 Å². The molecule has 0 radical (unpaired) electrons. The smallest absolute Gasteiger partial charge is 0.236 e. The van der Waals surface area contributed by atoms with E-state index in [0.29, 0.717) is 82.1 Å². The number of para-hydroxylation sites is 1. The van der Waals surface area contributed by atoms with Crippen LogP contribution in [0.1, 0.15) is 79.9 Å². The molecular formula is C45H53N7O6S. The topological polar surface area (TPSA) is 165 Å². The molecule has 5 heterocycles. The molecule has 310 valence electrons. The third-order valence-electron chi connectivity index (χ3n) is 13.1. The number of phenolic OH excluding ortho intramolecular Hbond substituents is 1. The summed E-state index contributed by atoms with van der Waals surface area (Å²) >= 11 is 0. The minimum absolute atomic E-state index is 0.0488. The van der Waals surface area contributed by atoms with E-state index in [-0.39, 0.29) is 29.4 Å². The van der Waals surface area contributed by atoms with E-state index in [0.717, 1.165) is 55.6 Å². The lowest BCUT2D eigenvalue weighted by molar-refractivity contribution is -0.135. The molecule has 3 amide bonds. The van der Waals surface area contributed by atoms with Crippen LogP contribution in [-0.4, -0.2) is 109 Å². The van der Waals surface area contributed by atoms with Gasteiger partial charge in [0.2, 0.25) is 27.7 Å². The van der Waals surface area contributed by atoms with Gasteiger partial charge < -0.3 is 14.9 Å². The average Bonchev–Trinajstić information content (AvgIpc) is 3.27. The highest BCUT2D eigenvalue weighted by atomic mass is 32.2. The number of carbonyl (C=O) groups is 3. The summed E-state index contributed by atoms with van der Waals surface area (Å²) in [5, 5.41) is 20.8. The molecule has 4 aromatic rings. The third-order valence-corrected chi connectivity index (χ3v) is 15.0. The number of hydrogen-bond acceptors (Lipinski definition) is 10. The number of anilines is 1. The molecule has 4 fully saturated rings. The number of amides is 3. The fraction of sp³-hybridized carbons (Fsp3) is 0.444. The number of benzene rings is 3. The summed E-state index contributed by atoms with van der Waals surface area (Å²) in [5.74, 6) is -0.152. The van der Waals surface area contributed by atoms with Crippen molar-refractivity contribution >= 4 is 33.4 Å². The van der Waals surface area contributed by atoms with Crippen molar-refractivity contribution < 1.29 is 27.9 Å². The van der Waals surface area contributed by atoms with Crippen LogP contribution in [0.3, 0.4) is 0 Å². The summed E-state index contributed by atoms with van der Waals surface area (Å²) < 4.78 is 30.8. The van der Waals surface area contributed by atoms with E-state index in [9.17, 15) is 27.9 Å². The number of imide groups is 1. The molecule has 13 nitrogen and oxygen atoms in total. The van der Waals surface area contributed by atoms with Gasteiger partial charge >= 0.3 is 0 Å². The van der Waals surface area contributed by atoms with Gasteiger partial charge in [-0.3, -0.25) is 24.6 Å². The summed E-state index contributed by atoms with van der Waals surface area (Å²) in [6.45, 7) is 4.47. The number of phenols is 1. The largest absolute Gasteiger partial charge is 0.507 e. The van der Waals surface area contributed by atoms with E-state index >= 15 is 0 Å². The van der Waals surface area contributed by atoms with Crippen molar-refractivity contribution in [1.82, 2.24) is 30.0 Å². The number of aromatic nitrogens is 2. The molecule has 1 unspecified atom stereocenters. The third kappa shape index (κ3) is 9.19. The second-order valence-electron chi connectivity index (χ2n) is 16.6. The fourth-order valence-corrected chi connectivity index (χ4v) is 10.9. The number of rotatable bonds is 11. The Labute approximate surface area is 346 Å². The standard InChI is InChI=1S/C45H53N7O6S/c53-41-9-5-4-8-39(41)40-28-36(29-46-49-40)51-26-20-45(21-27-51,35-6-2-1-3-7-35)31-47-59(57,58)37-18-24-52(25-19-37)43(55)30-50-22-16-33(17-23-50)32-10-12-34(13-11-32)38-14-15-42(54)48-44(38)56/h1-13,28-29,33,37-38,47,53H,14-27,30-31H2,(H,48,54,56). The first-order valence-electron chi connectivity index (χ1n) is 20.9. The molecule has 0 saturated carbocycles. The number of carbonyl (C=O) groups excluding carboxylic acids is 3. The number of nitrogens with one attached hydrogen (secondary N) is 2. The van der Waals surface area contributed by atoms with Crippen molar-refractivity contribution in [2.45, 2.75) is 73.9 Å². The van der Waals surface area contributed by atoms with Crippen molar-refractivity contribution in [1.29, 1.82) is 0 Å². The summed E-state index contributed by atoms with van der Waals surface area (Å²) in [7, 11) is -3.65. The van der Waals surface area contributed by atoms with E-state index in [4.69, 9.17) is 0 Å². The van der Waals surface area contributed by atoms with Crippen LogP contribution < -0.4 is 14.9 Å². The summed E-state index contributed by atoms with van der Waals surface area (Å²) in [6, 6.07) is 27.4. The molecule has 4 aliphatic rings. The molecule has 4 aliphatic heterocycles. The monoisotopic (exact) mass is 819 g/mol. The van der Waals surface area contributed by atoms with E-state index in [1.165, 1.54) is 5.56 Å². The molecular weight excluding hydrogens is 767 g/mol. The van der Waals surface area contributed by atoms with E-state index in [2.05, 4.69) is 54.3 Å². The normalized spacial score (nSPS) is 21.0. The Morgan fingerprint density at radius 1 is 0.831 bits per heavy atom. The number of hydrogen-bond donors (Lipinski definition) is 3. The Balaban J connectivity index is 0.813. The molecule has 3 N–H and O–H groups in total. The molecule has 0 spiro atoms. The first-order valence-corrected chi connectivity index (χ1v) is 22.5. The van der Waals surface area contributed by atoms with Crippen LogP contribution in [0.25, 0.3) is 11.3 Å². The van der Waals surface area contributed by atoms with Crippen molar-refractivity contribution in [3.8, 4) is 17.0 Å². The molecule has 1 atom stereocenters. The van der Waals surface area contributed by atoms with Gasteiger partial charge in [-0.1, -0.05) is 66.7 Å². The van der Waals surface area contributed by atoms with Crippen molar-refractivity contribution in [3.63, 3.8) is 0 Å². The van der Waals surface area contributed by atoms with Crippen LogP contribution in [0, 0.1) is 0 Å². The highest BCUT2D eigenvalue weighted by molar-refractivity contribution is 7.90. The molecule has 0 aliphatic carbocycles. The minimum Gasteiger partial charge on any atom is -0.507 e. The summed E-state index contributed by atoms with van der Waals surface area (Å²) in [5.41, 5.74) is 4.99. The highest BCUT2D eigenvalue weighted by Gasteiger charge is 2.40. The van der Waals surface area contributed by atoms with Crippen molar-refractivity contribution in [3.05, 3.63) is 108 Å². The zero-order valence-corrected chi connectivity index (χ0v) is 34.2. The first-order chi connectivity index (χ1) is 28.6. The van der Waals surface area contributed by atoms with Crippen LogP contribution in [0.4, 0.5) is 5.69 Å². The number of likely N-dealkylation sites (tertiary alicyclic amines) is 2. The average molecular weight is 820 g/mol. The van der Waals surface area contributed by atoms with Gasteiger partial charge in [-0.25, -0.2) is 13.1 Å². The van der Waals surface area contributed by atoms with Crippen LogP contribution in [0.15, 0.2) is 91.1 Å². The zero-order chi connectivity index (χ0) is 41.0. The van der Waals surface area contributed by atoms with Crippen LogP contribution in [0.2, 0.25) is 0 Å².